The number of nitrogens with one attached hydrogen (secondary N) is 1. The molecule has 2 aliphatic rings. The standard InChI is InChI=1S/C23H23N5O3/c1-16-6-5-11-27-15-18(24-19(16)27)20(29)26-12-9-23(10-13-26)21(30)28(22(31)25-23)14-17-7-3-2-4-8-17/h2-8,11,15H,9-10,12-14H2,1H3,(H,25,31). The number of imide groups is 1. The number of hydrogen-bond donors (Lipinski definition) is 1. The second-order valence-electron chi connectivity index (χ2n) is 8.23. The summed E-state index contributed by atoms with van der Waals surface area (Å²) >= 11 is 0. The lowest BCUT2D eigenvalue weighted by molar-refractivity contribution is -0.133. The van der Waals surface area contributed by atoms with E-state index in [1.807, 2.05) is 60.0 Å². The molecule has 0 unspecified atom stereocenters. The average molecular weight is 417 g/mol. The number of likely N-dealkylation sites (tertiary alicyclic amines) is 1. The Bertz CT molecular complexity index is 1180. The fourth-order valence-corrected chi connectivity index (χ4v) is 4.43. The SMILES string of the molecule is Cc1cccn2cc(C(=O)N3CCC4(CC3)NC(=O)N(Cc3ccccc3)C4=O)nc12. The molecule has 2 aromatic heterocycles. The molecule has 3 aromatic rings. The largest absolute Gasteiger partial charge is 0.337 e. The molecule has 2 saturated heterocycles. The van der Waals surface area contributed by atoms with Crippen molar-refractivity contribution in [3.63, 3.8) is 0 Å². The molecule has 8 heteroatoms. The Morgan fingerprint density at radius 2 is 1.84 bits per heavy atom. The van der Waals surface area contributed by atoms with Gasteiger partial charge in [0, 0.05) is 25.5 Å². The zero-order valence-corrected chi connectivity index (χ0v) is 17.2. The van der Waals surface area contributed by atoms with Gasteiger partial charge in [0.1, 0.15) is 16.9 Å². The van der Waals surface area contributed by atoms with Crippen LogP contribution >= 0.6 is 0 Å². The Morgan fingerprint density at radius 3 is 2.55 bits per heavy atom. The third kappa shape index (κ3) is 3.24. The van der Waals surface area contributed by atoms with E-state index >= 15 is 0 Å². The van der Waals surface area contributed by atoms with Gasteiger partial charge >= 0.3 is 6.03 Å². The zero-order valence-electron chi connectivity index (χ0n) is 17.2. The number of carbonyl (C=O) groups is 3. The summed E-state index contributed by atoms with van der Waals surface area (Å²) in [6.45, 7) is 2.97. The number of hydrogen-bond acceptors (Lipinski definition) is 4. The third-order valence-corrected chi connectivity index (χ3v) is 6.23. The van der Waals surface area contributed by atoms with Gasteiger partial charge in [-0.1, -0.05) is 36.4 Å². The number of aryl methyl sites for hydroxylation is 1. The summed E-state index contributed by atoms with van der Waals surface area (Å²) in [4.78, 5) is 46.1. The number of amides is 4. The second kappa shape index (κ2) is 7.23. The van der Waals surface area contributed by atoms with E-state index in [1.165, 1.54) is 4.90 Å². The van der Waals surface area contributed by atoms with Gasteiger partial charge in [-0.25, -0.2) is 9.78 Å². The molecule has 1 N–H and O–H groups in total. The van der Waals surface area contributed by atoms with Crippen LogP contribution in [0, 0.1) is 6.92 Å². The number of urea groups is 1. The Morgan fingerprint density at radius 1 is 1.10 bits per heavy atom. The van der Waals surface area contributed by atoms with Crippen molar-refractivity contribution >= 4 is 23.5 Å². The number of fused-ring (bicyclic) bond motifs is 1. The molecule has 2 aliphatic heterocycles. The van der Waals surface area contributed by atoms with Crippen molar-refractivity contribution in [3.05, 3.63) is 71.7 Å². The lowest BCUT2D eigenvalue weighted by atomic mass is 9.87. The van der Waals surface area contributed by atoms with E-state index in [-0.39, 0.29) is 24.4 Å². The molecule has 31 heavy (non-hydrogen) atoms. The van der Waals surface area contributed by atoms with Crippen molar-refractivity contribution < 1.29 is 14.4 Å². The van der Waals surface area contributed by atoms with Gasteiger partial charge in [-0.2, -0.15) is 0 Å². The molecule has 0 aliphatic carbocycles. The first-order valence-corrected chi connectivity index (χ1v) is 10.4. The molecular weight excluding hydrogens is 394 g/mol. The van der Waals surface area contributed by atoms with Crippen LogP contribution in [0.25, 0.3) is 5.65 Å². The minimum absolute atomic E-state index is 0.157. The summed E-state index contributed by atoms with van der Waals surface area (Å²) in [6.07, 6.45) is 4.38. The van der Waals surface area contributed by atoms with Crippen LogP contribution in [-0.4, -0.2) is 55.7 Å². The van der Waals surface area contributed by atoms with Crippen LogP contribution in [0.2, 0.25) is 0 Å². The van der Waals surface area contributed by atoms with E-state index < -0.39 is 5.54 Å². The number of nitrogens with zero attached hydrogens (tertiary/aromatic N) is 4. The molecule has 0 radical (unpaired) electrons. The van der Waals surface area contributed by atoms with Crippen LogP contribution in [0.3, 0.4) is 0 Å². The zero-order chi connectivity index (χ0) is 21.6. The highest BCUT2D eigenvalue weighted by molar-refractivity contribution is 6.07. The fraction of sp³-hybridized carbons (Fsp3) is 0.304. The van der Waals surface area contributed by atoms with Gasteiger partial charge in [-0.15, -0.1) is 0 Å². The van der Waals surface area contributed by atoms with Gasteiger partial charge in [0.15, 0.2) is 0 Å². The maximum Gasteiger partial charge on any atom is 0.325 e. The fourth-order valence-electron chi connectivity index (χ4n) is 4.43. The van der Waals surface area contributed by atoms with E-state index in [9.17, 15) is 14.4 Å². The monoisotopic (exact) mass is 417 g/mol. The molecule has 5 rings (SSSR count). The molecule has 0 bridgehead atoms. The van der Waals surface area contributed by atoms with Gasteiger partial charge in [0.05, 0.1) is 6.54 Å². The van der Waals surface area contributed by atoms with Gasteiger partial charge in [-0.05, 0) is 37.0 Å². The quantitative estimate of drug-likeness (QED) is 0.663. The average Bonchev–Trinajstić information content (AvgIpc) is 3.31. The Kier molecular flexibility index (Phi) is 4.50. The summed E-state index contributed by atoms with van der Waals surface area (Å²) in [7, 11) is 0. The minimum atomic E-state index is -0.932. The predicted molar refractivity (Wildman–Crippen MR) is 113 cm³/mol. The number of benzene rings is 1. The van der Waals surface area contributed by atoms with Crippen molar-refractivity contribution in [3.8, 4) is 0 Å². The van der Waals surface area contributed by atoms with Crippen LogP contribution < -0.4 is 5.32 Å². The highest BCUT2D eigenvalue weighted by Gasteiger charge is 2.52. The van der Waals surface area contributed by atoms with Crippen molar-refractivity contribution in [1.82, 2.24) is 24.5 Å². The molecule has 4 amide bonds. The summed E-state index contributed by atoms with van der Waals surface area (Å²) in [5, 5.41) is 2.90. The first-order chi connectivity index (χ1) is 15.0. The highest BCUT2D eigenvalue weighted by atomic mass is 16.2. The van der Waals surface area contributed by atoms with Gasteiger partial charge in [0.2, 0.25) is 0 Å². The Labute approximate surface area is 179 Å². The minimum Gasteiger partial charge on any atom is -0.337 e. The van der Waals surface area contributed by atoms with Gasteiger partial charge in [-0.3, -0.25) is 14.5 Å². The maximum absolute atomic E-state index is 13.1. The molecule has 4 heterocycles. The lowest BCUT2D eigenvalue weighted by Crippen LogP contribution is -2.55. The van der Waals surface area contributed by atoms with Crippen LogP contribution in [-0.2, 0) is 11.3 Å². The van der Waals surface area contributed by atoms with E-state index in [0.29, 0.717) is 31.6 Å². The van der Waals surface area contributed by atoms with Crippen molar-refractivity contribution in [2.75, 3.05) is 13.1 Å². The van der Waals surface area contributed by atoms with E-state index in [2.05, 4.69) is 10.3 Å². The number of rotatable bonds is 3. The topological polar surface area (TPSA) is 87.0 Å². The predicted octanol–water partition coefficient (Wildman–Crippen LogP) is 2.37. The van der Waals surface area contributed by atoms with Crippen molar-refractivity contribution in [2.45, 2.75) is 31.8 Å². The van der Waals surface area contributed by atoms with Crippen LogP contribution in [0.15, 0.2) is 54.9 Å². The number of piperidine rings is 1. The summed E-state index contributed by atoms with van der Waals surface area (Å²) in [6, 6.07) is 12.9. The van der Waals surface area contributed by atoms with E-state index in [1.54, 1.807) is 11.1 Å². The molecule has 1 aromatic carbocycles. The summed E-state index contributed by atoms with van der Waals surface area (Å²) < 4.78 is 1.84. The van der Waals surface area contributed by atoms with Gasteiger partial charge < -0.3 is 14.6 Å². The van der Waals surface area contributed by atoms with Crippen molar-refractivity contribution in [2.24, 2.45) is 0 Å². The smallest absolute Gasteiger partial charge is 0.325 e. The molecular formula is C23H23N5O3. The second-order valence-corrected chi connectivity index (χ2v) is 8.23. The normalized spacial score (nSPS) is 18.1. The Hall–Kier alpha value is -3.68. The van der Waals surface area contributed by atoms with E-state index in [0.717, 1.165) is 16.8 Å². The number of aromatic nitrogens is 2. The molecule has 8 nitrogen and oxygen atoms in total. The van der Waals surface area contributed by atoms with E-state index in [4.69, 9.17) is 0 Å². The molecule has 2 fully saturated rings. The summed E-state index contributed by atoms with van der Waals surface area (Å²) in [5.41, 5.74) is 2.11. The molecule has 0 saturated carbocycles. The maximum atomic E-state index is 13.1. The molecule has 1 spiro atoms. The van der Waals surface area contributed by atoms with Crippen LogP contribution in [0.5, 0.6) is 0 Å². The number of carbonyl (C=O) groups excluding carboxylic acids is 3. The van der Waals surface area contributed by atoms with Crippen LogP contribution in [0.1, 0.15) is 34.5 Å². The Balaban J connectivity index is 1.29. The lowest BCUT2D eigenvalue weighted by Gasteiger charge is -2.37. The van der Waals surface area contributed by atoms with Crippen molar-refractivity contribution in [1.29, 1.82) is 0 Å². The third-order valence-electron chi connectivity index (χ3n) is 6.23. The first-order valence-electron chi connectivity index (χ1n) is 10.4. The number of imidazole rings is 1. The number of pyridine rings is 1. The first kappa shape index (κ1) is 19.3. The highest BCUT2D eigenvalue weighted by Crippen LogP contribution is 2.31. The molecule has 158 valence electrons. The van der Waals surface area contributed by atoms with Crippen LogP contribution in [0.4, 0.5) is 4.79 Å². The summed E-state index contributed by atoms with van der Waals surface area (Å²) in [5.74, 6) is -0.368. The van der Waals surface area contributed by atoms with Gasteiger partial charge in [0.25, 0.3) is 11.8 Å². The molecule has 0 atom stereocenters.